The van der Waals surface area contributed by atoms with E-state index in [0.717, 1.165) is 5.52 Å². The highest BCUT2D eigenvalue weighted by Gasteiger charge is 2.31. The Morgan fingerprint density at radius 3 is 2.68 bits per heavy atom. The number of thiazole rings is 1. The number of Topliss-reactive ketones (excluding diaryl/α,β-unsaturated/α-hetero) is 1. The molecule has 0 saturated carbocycles. The molecular formula is C23H23F3N4O3S. The highest BCUT2D eigenvalue weighted by atomic mass is 32.1. The van der Waals surface area contributed by atoms with Gasteiger partial charge in [-0.3, -0.25) is 4.79 Å². The summed E-state index contributed by atoms with van der Waals surface area (Å²) in [6, 6.07) is 9.44. The van der Waals surface area contributed by atoms with Gasteiger partial charge in [-0.1, -0.05) is 11.3 Å². The van der Waals surface area contributed by atoms with Crippen LogP contribution in [-0.2, 0) is 11.3 Å². The molecule has 0 saturated heterocycles. The molecule has 0 unspecified atom stereocenters. The average molecular weight is 493 g/mol. The summed E-state index contributed by atoms with van der Waals surface area (Å²) in [4.78, 5) is 21.6. The third kappa shape index (κ3) is 5.48. The maximum atomic E-state index is 12.5. The van der Waals surface area contributed by atoms with Gasteiger partial charge in [0.05, 0.1) is 21.3 Å². The van der Waals surface area contributed by atoms with E-state index in [1.54, 1.807) is 12.1 Å². The maximum absolute atomic E-state index is 12.5. The lowest BCUT2D eigenvalue weighted by Gasteiger charge is -2.07. The number of anilines is 2. The van der Waals surface area contributed by atoms with E-state index in [-0.39, 0.29) is 11.5 Å². The average Bonchev–Trinajstić information content (AvgIpc) is 3.34. The number of hydrogen-bond donors (Lipinski definition) is 1. The number of aromatic nitrogens is 3. The molecule has 11 heteroatoms. The monoisotopic (exact) mass is 492 g/mol. The number of fused-ring (bicyclic) bond motifs is 2. The van der Waals surface area contributed by atoms with Gasteiger partial charge < -0.3 is 19.4 Å². The van der Waals surface area contributed by atoms with Crippen LogP contribution in [0.4, 0.5) is 24.3 Å². The maximum Gasteiger partial charge on any atom is 0.573 e. The SMILES string of the molecule is CCOCCCC(=O)c1ccc2c(c1)nc(Nc1nc3ccc(OC(F)(F)F)cc3s1)n2CC. The number of imidazole rings is 1. The number of nitrogens with one attached hydrogen (secondary N) is 1. The van der Waals surface area contributed by atoms with Crippen LogP contribution in [0.5, 0.6) is 5.75 Å². The van der Waals surface area contributed by atoms with Crippen molar-refractivity contribution in [2.75, 3.05) is 18.5 Å². The molecule has 2 aromatic carbocycles. The van der Waals surface area contributed by atoms with Crippen molar-refractivity contribution in [3.8, 4) is 5.75 Å². The zero-order valence-corrected chi connectivity index (χ0v) is 19.4. The van der Waals surface area contributed by atoms with Crippen molar-refractivity contribution in [1.29, 1.82) is 0 Å². The molecule has 0 spiro atoms. The number of nitrogens with zero attached hydrogens (tertiary/aromatic N) is 3. The summed E-state index contributed by atoms with van der Waals surface area (Å²) in [7, 11) is 0. The zero-order valence-electron chi connectivity index (χ0n) is 18.6. The van der Waals surface area contributed by atoms with Gasteiger partial charge in [-0.05, 0) is 50.6 Å². The Morgan fingerprint density at radius 2 is 1.94 bits per heavy atom. The van der Waals surface area contributed by atoms with Crippen LogP contribution in [0, 0.1) is 0 Å². The second kappa shape index (κ2) is 9.98. The van der Waals surface area contributed by atoms with E-state index in [1.807, 2.05) is 24.5 Å². The van der Waals surface area contributed by atoms with Gasteiger partial charge in [0.25, 0.3) is 0 Å². The third-order valence-electron chi connectivity index (χ3n) is 5.10. The first-order valence-corrected chi connectivity index (χ1v) is 11.6. The van der Waals surface area contributed by atoms with Gasteiger partial charge in [-0.15, -0.1) is 13.2 Å². The molecule has 0 aliphatic rings. The summed E-state index contributed by atoms with van der Waals surface area (Å²) in [5.74, 6) is 0.268. The summed E-state index contributed by atoms with van der Waals surface area (Å²) in [6.07, 6.45) is -3.69. The number of ether oxygens (including phenoxy) is 2. The Bertz CT molecular complexity index is 1320. The van der Waals surface area contributed by atoms with Crippen LogP contribution in [0.2, 0.25) is 0 Å². The minimum Gasteiger partial charge on any atom is -0.406 e. The Balaban J connectivity index is 1.56. The van der Waals surface area contributed by atoms with E-state index in [4.69, 9.17) is 4.74 Å². The smallest absolute Gasteiger partial charge is 0.406 e. The topological polar surface area (TPSA) is 78.3 Å². The summed E-state index contributed by atoms with van der Waals surface area (Å²) >= 11 is 1.19. The van der Waals surface area contributed by atoms with Gasteiger partial charge in [-0.25, -0.2) is 9.97 Å². The molecule has 7 nitrogen and oxygen atoms in total. The van der Waals surface area contributed by atoms with E-state index in [2.05, 4.69) is 20.0 Å². The minimum atomic E-state index is -4.76. The van der Waals surface area contributed by atoms with E-state index in [1.165, 1.54) is 29.5 Å². The number of benzene rings is 2. The zero-order chi connectivity index (χ0) is 24.3. The molecule has 0 aliphatic carbocycles. The Labute approximate surface area is 197 Å². The normalized spacial score (nSPS) is 11.9. The van der Waals surface area contributed by atoms with Crippen LogP contribution in [0.3, 0.4) is 0 Å². The van der Waals surface area contributed by atoms with Gasteiger partial charge in [0.1, 0.15) is 5.75 Å². The predicted octanol–water partition coefficient (Wildman–Crippen LogP) is 6.31. The summed E-state index contributed by atoms with van der Waals surface area (Å²) in [5.41, 5.74) is 2.66. The number of alkyl halides is 3. The number of ketones is 1. The lowest BCUT2D eigenvalue weighted by Crippen LogP contribution is -2.16. The van der Waals surface area contributed by atoms with Gasteiger partial charge >= 0.3 is 6.36 Å². The largest absolute Gasteiger partial charge is 0.573 e. The molecule has 4 rings (SSSR count). The predicted molar refractivity (Wildman–Crippen MR) is 125 cm³/mol. The van der Waals surface area contributed by atoms with Gasteiger partial charge in [0.2, 0.25) is 5.95 Å². The van der Waals surface area contributed by atoms with Crippen LogP contribution >= 0.6 is 11.3 Å². The molecule has 0 fully saturated rings. The second-order valence-corrected chi connectivity index (χ2v) is 8.46. The summed E-state index contributed by atoms with van der Waals surface area (Å²) in [5, 5.41) is 3.64. The van der Waals surface area contributed by atoms with Crippen molar-refractivity contribution < 1.29 is 27.4 Å². The van der Waals surface area contributed by atoms with Crippen molar-refractivity contribution in [1.82, 2.24) is 14.5 Å². The number of carbonyl (C=O) groups excluding carboxylic acids is 1. The first-order valence-electron chi connectivity index (χ1n) is 10.8. The molecule has 2 aromatic heterocycles. The molecule has 0 bridgehead atoms. The molecule has 4 aromatic rings. The minimum absolute atomic E-state index is 0.0326. The summed E-state index contributed by atoms with van der Waals surface area (Å²) < 4.78 is 49.3. The van der Waals surface area contributed by atoms with Crippen LogP contribution in [-0.4, -0.2) is 39.9 Å². The molecule has 1 N–H and O–H groups in total. The van der Waals surface area contributed by atoms with Crippen LogP contribution in [0.1, 0.15) is 37.0 Å². The molecular weight excluding hydrogens is 469 g/mol. The van der Waals surface area contributed by atoms with Gasteiger partial charge in [0.15, 0.2) is 10.9 Å². The van der Waals surface area contributed by atoms with Crippen LogP contribution in [0.15, 0.2) is 36.4 Å². The molecule has 0 aliphatic heterocycles. The quantitative estimate of drug-likeness (QED) is 0.207. The van der Waals surface area contributed by atoms with E-state index in [0.29, 0.717) is 65.0 Å². The van der Waals surface area contributed by atoms with Crippen LogP contribution in [0.25, 0.3) is 21.3 Å². The molecule has 0 atom stereocenters. The van der Waals surface area contributed by atoms with Crippen molar-refractivity contribution in [2.45, 2.75) is 39.6 Å². The standard InChI is InChI=1S/C23H23F3N4O3S/c1-3-30-18-10-7-14(19(31)6-5-11-32-4-2)12-17(18)27-21(30)29-22-28-16-9-8-15(13-20(16)34-22)33-23(24,25)26/h7-10,12-13H,3-6,11H2,1-2H3,(H,27,28,29). The fraction of sp³-hybridized carbons (Fsp3) is 0.348. The third-order valence-corrected chi connectivity index (χ3v) is 6.03. The first kappa shape index (κ1) is 24.0. The fourth-order valence-corrected chi connectivity index (χ4v) is 4.48. The van der Waals surface area contributed by atoms with E-state index >= 15 is 0 Å². The van der Waals surface area contributed by atoms with E-state index < -0.39 is 6.36 Å². The molecule has 0 amide bonds. The number of aryl methyl sites for hydroxylation is 1. The second-order valence-electron chi connectivity index (χ2n) is 7.43. The number of hydrogen-bond acceptors (Lipinski definition) is 7. The molecule has 180 valence electrons. The Morgan fingerprint density at radius 1 is 1.12 bits per heavy atom. The van der Waals surface area contributed by atoms with Crippen molar-refractivity contribution in [3.05, 3.63) is 42.0 Å². The first-order chi connectivity index (χ1) is 16.3. The van der Waals surface area contributed by atoms with Crippen molar-refractivity contribution in [3.63, 3.8) is 0 Å². The van der Waals surface area contributed by atoms with E-state index in [9.17, 15) is 18.0 Å². The summed E-state index contributed by atoms with van der Waals surface area (Å²) in [6.45, 7) is 5.68. The van der Waals surface area contributed by atoms with Gasteiger partial charge in [0, 0.05) is 37.8 Å². The van der Waals surface area contributed by atoms with Gasteiger partial charge in [-0.2, -0.15) is 0 Å². The number of halogens is 3. The highest BCUT2D eigenvalue weighted by molar-refractivity contribution is 7.22. The van der Waals surface area contributed by atoms with Crippen LogP contribution < -0.4 is 10.1 Å². The lowest BCUT2D eigenvalue weighted by molar-refractivity contribution is -0.274. The molecule has 2 heterocycles. The fourth-order valence-electron chi connectivity index (χ4n) is 3.59. The van der Waals surface area contributed by atoms with Crippen molar-refractivity contribution >= 4 is 49.4 Å². The Hall–Kier alpha value is -3.18. The van der Waals surface area contributed by atoms with Crippen molar-refractivity contribution in [2.24, 2.45) is 0 Å². The number of rotatable bonds is 10. The lowest BCUT2D eigenvalue weighted by atomic mass is 10.1. The molecule has 0 radical (unpaired) electrons. The highest BCUT2D eigenvalue weighted by Crippen LogP contribution is 2.33. The number of carbonyl (C=O) groups is 1. The molecule has 34 heavy (non-hydrogen) atoms. The Kier molecular flexibility index (Phi) is 7.03.